The maximum Gasteiger partial charge on any atom is 0.140 e. The molecule has 0 aliphatic heterocycles. The summed E-state index contributed by atoms with van der Waals surface area (Å²) in [4.78, 5) is 0. The summed E-state index contributed by atoms with van der Waals surface area (Å²) in [5.41, 5.74) is 1.45. The number of quaternary nitrogens is 1. The van der Waals surface area contributed by atoms with Crippen molar-refractivity contribution in [2.45, 2.75) is 58.3 Å². The van der Waals surface area contributed by atoms with Gasteiger partial charge in [0.1, 0.15) is 5.69 Å². The fourth-order valence-corrected chi connectivity index (χ4v) is 3.50. The second-order valence-electron chi connectivity index (χ2n) is 7.38. The molecule has 1 heteroatoms. The third-order valence-corrected chi connectivity index (χ3v) is 4.99. The lowest BCUT2D eigenvalue weighted by molar-refractivity contribution is 0.383. The maximum absolute atomic E-state index is 2.35. The summed E-state index contributed by atoms with van der Waals surface area (Å²) in [5.74, 6) is 0. The van der Waals surface area contributed by atoms with E-state index in [-0.39, 0.29) is 0 Å². The Morgan fingerprint density at radius 2 is 1.30 bits per heavy atom. The van der Waals surface area contributed by atoms with Crippen LogP contribution in [0.2, 0.25) is 0 Å². The number of rotatable bonds is 10. The zero-order valence-electron chi connectivity index (χ0n) is 15.4. The van der Waals surface area contributed by atoms with Crippen LogP contribution >= 0.6 is 0 Å². The van der Waals surface area contributed by atoms with Crippen molar-refractivity contribution in [3.8, 4) is 0 Å². The van der Waals surface area contributed by atoms with Crippen molar-refractivity contribution in [2.75, 3.05) is 20.6 Å². The third-order valence-electron chi connectivity index (χ3n) is 4.99. The molecule has 0 spiro atoms. The molecule has 0 fully saturated rings. The van der Waals surface area contributed by atoms with E-state index in [2.05, 4.69) is 63.5 Å². The highest BCUT2D eigenvalue weighted by molar-refractivity contribution is 5.93. The molecular weight excluding hydrogens is 278 g/mol. The minimum atomic E-state index is 0.983. The van der Waals surface area contributed by atoms with E-state index in [9.17, 15) is 0 Å². The fourth-order valence-electron chi connectivity index (χ4n) is 3.50. The topological polar surface area (TPSA) is 0 Å². The minimum absolute atomic E-state index is 0.983. The Morgan fingerprint density at radius 1 is 0.696 bits per heavy atom. The predicted octanol–water partition coefficient (Wildman–Crippen LogP) is 6.55. The summed E-state index contributed by atoms with van der Waals surface area (Å²) in [6.07, 6.45) is 11.1. The van der Waals surface area contributed by atoms with Gasteiger partial charge in [-0.15, -0.1) is 0 Å². The van der Waals surface area contributed by atoms with Crippen molar-refractivity contribution in [3.63, 3.8) is 0 Å². The summed E-state index contributed by atoms with van der Waals surface area (Å²) in [7, 11) is 4.70. The van der Waals surface area contributed by atoms with Crippen LogP contribution in [0.5, 0.6) is 0 Å². The molecule has 0 heterocycles. The van der Waals surface area contributed by atoms with E-state index >= 15 is 0 Å². The first-order chi connectivity index (χ1) is 11.1. The van der Waals surface area contributed by atoms with E-state index in [1.807, 2.05) is 0 Å². The highest BCUT2D eigenvalue weighted by atomic mass is 15.3. The Morgan fingerprint density at radius 3 is 2.04 bits per heavy atom. The predicted molar refractivity (Wildman–Crippen MR) is 105 cm³/mol. The van der Waals surface area contributed by atoms with Gasteiger partial charge < -0.3 is 0 Å². The van der Waals surface area contributed by atoms with Crippen LogP contribution in [-0.2, 0) is 0 Å². The monoisotopic (exact) mass is 312 g/mol. The average molecular weight is 313 g/mol. The molecule has 2 aromatic rings. The van der Waals surface area contributed by atoms with Crippen LogP contribution in [0.1, 0.15) is 58.3 Å². The van der Waals surface area contributed by atoms with Crippen LogP contribution in [0.15, 0.2) is 42.5 Å². The zero-order valence-corrected chi connectivity index (χ0v) is 15.4. The molecule has 1 nitrogen and oxygen atoms in total. The Labute approximate surface area is 142 Å². The van der Waals surface area contributed by atoms with Crippen molar-refractivity contribution in [1.29, 1.82) is 0 Å². The van der Waals surface area contributed by atoms with Gasteiger partial charge in [-0.3, -0.25) is 4.48 Å². The molecule has 126 valence electrons. The molecule has 0 aliphatic rings. The minimum Gasteiger partial charge on any atom is -0.295 e. The first-order valence-electron chi connectivity index (χ1n) is 9.46. The van der Waals surface area contributed by atoms with E-state index in [1.165, 1.54) is 74.4 Å². The largest absolute Gasteiger partial charge is 0.295 e. The molecule has 2 rings (SSSR count). The van der Waals surface area contributed by atoms with Crippen molar-refractivity contribution in [3.05, 3.63) is 42.5 Å². The van der Waals surface area contributed by atoms with Crippen LogP contribution in [0.3, 0.4) is 0 Å². The molecular formula is C22H34N+. The average Bonchev–Trinajstić information content (AvgIpc) is 2.56. The third kappa shape index (κ3) is 5.35. The van der Waals surface area contributed by atoms with E-state index in [0.717, 1.165) is 4.48 Å². The summed E-state index contributed by atoms with van der Waals surface area (Å²) in [6.45, 7) is 3.51. The number of benzene rings is 2. The van der Waals surface area contributed by atoms with Gasteiger partial charge in [0.15, 0.2) is 0 Å². The molecule has 0 N–H and O–H groups in total. The molecule has 2 aromatic carbocycles. The lowest BCUT2D eigenvalue weighted by Crippen LogP contribution is -2.41. The Balaban J connectivity index is 1.84. The molecule has 0 amide bonds. The van der Waals surface area contributed by atoms with Gasteiger partial charge in [-0.2, -0.15) is 0 Å². The van der Waals surface area contributed by atoms with Crippen LogP contribution in [0.25, 0.3) is 10.8 Å². The van der Waals surface area contributed by atoms with Gasteiger partial charge in [0.25, 0.3) is 0 Å². The summed E-state index contributed by atoms with van der Waals surface area (Å²) in [5, 5.41) is 2.76. The van der Waals surface area contributed by atoms with Gasteiger partial charge in [0.2, 0.25) is 0 Å². The van der Waals surface area contributed by atoms with E-state index < -0.39 is 0 Å². The highest BCUT2D eigenvalue weighted by Gasteiger charge is 2.20. The fraction of sp³-hybridized carbons (Fsp3) is 0.545. The number of nitrogens with zero attached hydrogens (tertiary/aromatic N) is 1. The maximum atomic E-state index is 2.35. The summed E-state index contributed by atoms with van der Waals surface area (Å²) < 4.78 is 0.983. The van der Waals surface area contributed by atoms with Crippen LogP contribution in [-0.4, -0.2) is 20.6 Å². The molecule has 0 bridgehead atoms. The number of fused-ring (bicyclic) bond motifs is 1. The molecule has 0 atom stereocenters. The molecule has 0 radical (unpaired) electrons. The van der Waals surface area contributed by atoms with E-state index in [0.29, 0.717) is 0 Å². The standard InChI is InChI=1S/C22H34N/c1-4-5-6-7-8-9-10-13-19-23(2,3)22-18-14-16-20-15-11-12-17-21(20)22/h11-12,14-18H,4-10,13,19H2,1-3H3/q+1. The lowest BCUT2D eigenvalue weighted by Gasteiger charge is -2.30. The van der Waals surface area contributed by atoms with E-state index in [4.69, 9.17) is 0 Å². The van der Waals surface area contributed by atoms with Gasteiger partial charge in [-0.1, -0.05) is 75.8 Å². The van der Waals surface area contributed by atoms with Crippen LogP contribution in [0, 0.1) is 0 Å². The molecule has 0 saturated carbocycles. The first kappa shape index (κ1) is 18.0. The Bertz CT molecular complexity index is 580. The SMILES string of the molecule is CCCCCCCCCC[N+](C)(C)c1cccc2ccccc12. The smallest absolute Gasteiger partial charge is 0.140 e. The quantitative estimate of drug-likeness (QED) is 0.345. The molecule has 0 aliphatic carbocycles. The number of unbranched alkanes of at least 4 members (excludes halogenated alkanes) is 7. The van der Waals surface area contributed by atoms with Gasteiger partial charge in [-0.05, 0) is 30.4 Å². The normalized spacial score (nSPS) is 12.0. The Kier molecular flexibility index (Phi) is 7.11. The van der Waals surface area contributed by atoms with Crippen molar-refractivity contribution in [2.24, 2.45) is 0 Å². The summed E-state index contributed by atoms with van der Waals surface area (Å²) >= 11 is 0. The van der Waals surface area contributed by atoms with Crippen molar-refractivity contribution < 1.29 is 0 Å². The van der Waals surface area contributed by atoms with Crippen molar-refractivity contribution >= 4 is 16.5 Å². The lowest BCUT2D eigenvalue weighted by atomic mass is 10.1. The number of hydrogen-bond acceptors (Lipinski definition) is 0. The van der Waals surface area contributed by atoms with Crippen LogP contribution < -0.4 is 4.48 Å². The second-order valence-corrected chi connectivity index (χ2v) is 7.38. The van der Waals surface area contributed by atoms with Gasteiger partial charge in [-0.25, -0.2) is 0 Å². The van der Waals surface area contributed by atoms with E-state index in [1.54, 1.807) is 0 Å². The molecule has 0 saturated heterocycles. The first-order valence-corrected chi connectivity index (χ1v) is 9.46. The van der Waals surface area contributed by atoms with Crippen molar-refractivity contribution in [1.82, 2.24) is 4.48 Å². The molecule has 0 aromatic heterocycles. The van der Waals surface area contributed by atoms with Gasteiger partial charge in [0.05, 0.1) is 20.6 Å². The zero-order chi connectivity index (χ0) is 16.5. The van der Waals surface area contributed by atoms with Gasteiger partial charge >= 0.3 is 0 Å². The van der Waals surface area contributed by atoms with Gasteiger partial charge in [0, 0.05) is 5.39 Å². The molecule has 0 unspecified atom stereocenters. The number of hydrogen-bond donors (Lipinski definition) is 0. The highest BCUT2D eigenvalue weighted by Crippen LogP contribution is 2.29. The second kappa shape index (κ2) is 9.08. The molecule has 23 heavy (non-hydrogen) atoms. The van der Waals surface area contributed by atoms with Crippen LogP contribution in [0.4, 0.5) is 5.69 Å². The Hall–Kier alpha value is -1.34. The summed E-state index contributed by atoms with van der Waals surface area (Å²) in [6, 6.07) is 15.5.